The number of rotatable bonds is 2. The van der Waals surface area contributed by atoms with Gasteiger partial charge in [-0.15, -0.1) is 0 Å². The molecular formula is C15H17N3. The van der Waals surface area contributed by atoms with Crippen LogP contribution in [0.4, 0.5) is 5.82 Å². The summed E-state index contributed by atoms with van der Waals surface area (Å²) in [6.45, 7) is 0. The molecule has 2 aromatic rings. The zero-order valence-electron chi connectivity index (χ0n) is 10.6. The summed E-state index contributed by atoms with van der Waals surface area (Å²) in [6.07, 6.45) is 5.07. The molecule has 1 aromatic carbocycles. The molecule has 1 saturated carbocycles. The normalized spacial score (nSPS) is 16.0. The maximum absolute atomic E-state index is 9.40. The number of nitrogens with zero attached hydrogens (tertiary/aromatic N) is 2. The van der Waals surface area contributed by atoms with E-state index >= 15 is 0 Å². The number of nitriles is 1. The van der Waals surface area contributed by atoms with Gasteiger partial charge in [0.2, 0.25) is 0 Å². The van der Waals surface area contributed by atoms with Gasteiger partial charge in [0.15, 0.2) is 0 Å². The SMILES string of the molecule is CN(c1[nH]c2ccccc2c1C#N)C1CCCC1. The van der Waals surface area contributed by atoms with Crippen molar-refractivity contribution in [2.45, 2.75) is 31.7 Å². The number of benzene rings is 1. The highest BCUT2D eigenvalue weighted by Gasteiger charge is 2.23. The molecule has 1 N–H and O–H groups in total. The zero-order chi connectivity index (χ0) is 12.5. The molecule has 0 saturated heterocycles. The predicted octanol–water partition coefficient (Wildman–Crippen LogP) is 3.42. The first-order valence-electron chi connectivity index (χ1n) is 6.55. The van der Waals surface area contributed by atoms with Crippen molar-refractivity contribution in [1.82, 2.24) is 4.98 Å². The van der Waals surface area contributed by atoms with Crippen LogP contribution >= 0.6 is 0 Å². The second-order valence-corrected chi connectivity index (χ2v) is 5.06. The average molecular weight is 239 g/mol. The van der Waals surface area contributed by atoms with E-state index in [0.717, 1.165) is 22.3 Å². The number of anilines is 1. The Morgan fingerprint density at radius 3 is 2.72 bits per heavy atom. The van der Waals surface area contributed by atoms with Crippen LogP contribution in [-0.2, 0) is 0 Å². The molecule has 3 nitrogen and oxygen atoms in total. The molecule has 0 aliphatic heterocycles. The van der Waals surface area contributed by atoms with Crippen molar-refractivity contribution < 1.29 is 0 Å². The van der Waals surface area contributed by atoms with Crippen molar-refractivity contribution in [2.24, 2.45) is 0 Å². The monoisotopic (exact) mass is 239 g/mol. The Labute approximate surface area is 107 Å². The number of aromatic amines is 1. The van der Waals surface area contributed by atoms with E-state index < -0.39 is 0 Å². The Balaban J connectivity index is 2.08. The molecule has 1 aliphatic rings. The van der Waals surface area contributed by atoms with Gasteiger partial charge < -0.3 is 9.88 Å². The maximum atomic E-state index is 9.40. The third-order valence-corrected chi connectivity index (χ3v) is 4.02. The zero-order valence-corrected chi connectivity index (χ0v) is 10.6. The fourth-order valence-corrected chi connectivity index (χ4v) is 2.98. The Hall–Kier alpha value is -1.95. The summed E-state index contributed by atoms with van der Waals surface area (Å²) >= 11 is 0. The van der Waals surface area contributed by atoms with E-state index in [1.165, 1.54) is 25.7 Å². The molecule has 3 rings (SSSR count). The highest BCUT2D eigenvalue weighted by molar-refractivity contribution is 5.91. The number of hydrogen-bond donors (Lipinski definition) is 1. The molecule has 1 aromatic heterocycles. The van der Waals surface area contributed by atoms with Gasteiger partial charge in [0.05, 0.1) is 0 Å². The van der Waals surface area contributed by atoms with Crippen LogP contribution in [0, 0.1) is 11.3 Å². The quantitative estimate of drug-likeness (QED) is 0.872. The highest BCUT2D eigenvalue weighted by atomic mass is 15.2. The van der Waals surface area contributed by atoms with Gasteiger partial charge in [-0.05, 0) is 18.9 Å². The molecule has 0 amide bonds. The third-order valence-electron chi connectivity index (χ3n) is 4.02. The van der Waals surface area contributed by atoms with Crippen LogP contribution in [0.3, 0.4) is 0 Å². The smallest absolute Gasteiger partial charge is 0.125 e. The van der Waals surface area contributed by atoms with E-state index in [1.54, 1.807) is 0 Å². The van der Waals surface area contributed by atoms with Crippen molar-refractivity contribution in [1.29, 1.82) is 5.26 Å². The van der Waals surface area contributed by atoms with E-state index in [-0.39, 0.29) is 0 Å². The van der Waals surface area contributed by atoms with Crippen LogP contribution in [0.5, 0.6) is 0 Å². The lowest BCUT2D eigenvalue weighted by molar-refractivity contribution is 0.648. The topological polar surface area (TPSA) is 42.8 Å². The second-order valence-electron chi connectivity index (χ2n) is 5.06. The first-order valence-corrected chi connectivity index (χ1v) is 6.55. The van der Waals surface area contributed by atoms with E-state index in [0.29, 0.717) is 6.04 Å². The van der Waals surface area contributed by atoms with Crippen LogP contribution in [0.2, 0.25) is 0 Å². The van der Waals surface area contributed by atoms with Gasteiger partial charge in [0.1, 0.15) is 17.5 Å². The number of H-pyrrole nitrogens is 1. The molecule has 3 heteroatoms. The predicted molar refractivity (Wildman–Crippen MR) is 73.7 cm³/mol. The molecule has 1 heterocycles. The number of aromatic nitrogens is 1. The van der Waals surface area contributed by atoms with Crippen molar-refractivity contribution in [3.63, 3.8) is 0 Å². The Bertz CT molecular complexity index is 600. The first-order chi connectivity index (χ1) is 8.81. The molecule has 92 valence electrons. The minimum Gasteiger partial charge on any atom is -0.357 e. The molecule has 0 unspecified atom stereocenters. The number of nitrogens with one attached hydrogen (secondary N) is 1. The van der Waals surface area contributed by atoms with Crippen LogP contribution in [0.1, 0.15) is 31.2 Å². The van der Waals surface area contributed by atoms with Crippen molar-refractivity contribution in [3.05, 3.63) is 29.8 Å². The molecule has 1 aliphatic carbocycles. The van der Waals surface area contributed by atoms with Gasteiger partial charge in [-0.1, -0.05) is 31.0 Å². The van der Waals surface area contributed by atoms with E-state index in [4.69, 9.17) is 0 Å². The molecule has 0 bridgehead atoms. The van der Waals surface area contributed by atoms with Gasteiger partial charge in [-0.2, -0.15) is 5.26 Å². The van der Waals surface area contributed by atoms with E-state index in [1.807, 2.05) is 24.3 Å². The second kappa shape index (κ2) is 4.38. The van der Waals surface area contributed by atoms with Crippen LogP contribution in [-0.4, -0.2) is 18.1 Å². The van der Waals surface area contributed by atoms with Crippen LogP contribution in [0.15, 0.2) is 24.3 Å². The molecule has 0 spiro atoms. The van der Waals surface area contributed by atoms with Gasteiger partial charge in [0, 0.05) is 24.0 Å². The third kappa shape index (κ3) is 1.65. The van der Waals surface area contributed by atoms with Crippen LogP contribution in [0.25, 0.3) is 10.9 Å². The van der Waals surface area contributed by atoms with Gasteiger partial charge >= 0.3 is 0 Å². The minimum atomic E-state index is 0.574. The summed E-state index contributed by atoms with van der Waals surface area (Å²) in [7, 11) is 2.10. The maximum Gasteiger partial charge on any atom is 0.125 e. The van der Waals surface area contributed by atoms with Gasteiger partial charge in [-0.3, -0.25) is 0 Å². The Morgan fingerprint density at radius 2 is 2.00 bits per heavy atom. The van der Waals surface area contributed by atoms with Gasteiger partial charge in [-0.25, -0.2) is 0 Å². The summed E-state index contributed by atoms with van der Waals surface area (Å²) in [5, 5.41) is 10.4. The first kappa shape index (κ1) is 11.2. The largest absolute Gasteiger partial charge is 0.357 e. The fraction of sp³-hybridized carbons (Fsp3) is 0.400. The highest BCUT2D eigenvalue weighted by Crippen LogP contribution is 2.32. The lowest BCUT2D eigenvalue weighted by Crippen LogP contribution is -2.29. The summed E-state index contributed by atoms with van der Waals surface area (Å²) < 4.78 is 0. The average Bonchev–Trinajstić information content (AvgIpc) is 3.04. The summed E-state index contributed by atoms with van der Waals surface area (Å²) in [6, 6.07) is 10.9. The molecule has 0 atom stereocenters. The van der Waals surface area contributed by atoms with Crippen molar-refractivity contribution >= 4 is 16.7 Å². The van der Waals surface area contributed by atoms with Crippen molar-refractivity contribution in [3.8, 4) is 6.07 Å². The fourth-order valence-electron chi connectivity index (χ4n) is 2.98. The van der Waals surface area contributed by atoms with Gasteiger partial charge in [0.25, 0.3) is 0 Å². The number of fused-ring (bicyclic) bond motifs is 1. The Morgan fingerprint density at radius 1 is 1.28 bits per heavy atom. The lowest BCUT2D eigenvalue weighted by atomic mass is 10.1. The summed E-state index contributed by atoms with van der Waals surface area (Å²) in [5.74, 6) is 0.977. The minimum absolute atomic E-state index is 0.574. The van der Waals surface area contributed by atoms with Crippen molar-refractivity contribution in [2.75, 3.05) is 11.9 Å². The molecule has 0 radical (unpaired) electrons. The number of hydrogen-bond acceptors (Lipinski definition) is 2. The number of para-hydroxylation sites is 1. The molecule has 18 heavy (non-hydrogen) atoms. The van der Waals surface area contributed by atoms with Crippen LogP contribution < -0.4 is 4.90 Å². The molecular weight excluding hydrogens is 222 g/mol. The summed E-state index contributed by atoms with van der Waals surface area (Å²) in [5.41, 5.74) is 1.83. The Kier molecular flexibility index (Phi) is 2.71. The van der Waals surface area contributed by atoms with E-state index in [9.17, 15) is 5.26 Å². The van der Waals surface area contributed by atoms with E-state index in [2.05, 4.69) is 23.0 Å². The lowest BCUT2D eigenvalue weighted by Gasteiger charge is -2.25. The standard InChI is InChI=1S/C15H17N3/c1-18(11-6-2-3-7-11)15-13(10-16)12-8-4-5-9-14(12)17-15/h4-5,8-9,11,17H,2-3,6-7H2,1H3. The summed E-state index contributed by atoms with van der Waals surface area (Å²) in [4.78, 5) is 5.65. The molecule has 1 fully saturated rings.